The molecule has 0 fully saturated rings. The molecule has 0 unspecified atom stereocenters. The maximum atomic E-state index is 10.2. The number of ether oxygens (including phenoxy) is 1. The minimum Gasteiger partial charge on any atom is -0.460 e. The van der Waals surface area contributed by atoms with Crippen LogP contribution in [0.3, 0.4) is 0 Å². The Morgan fingerprint density at radius 3 is 1.67 bits per heavy atom. The molecule has 0 heterocycles. The monoisotopic (exact) mass is 236 g/mol. The minimum absolute atomic E-state index is 0. The van der Waals surface area contributed by atoms with Gasteiger partial charge in [-0.1, -0.05) is 0 Å². The Bertz CT molecular complexity index is 93.7. The summed E-state index contributed by atoms with van der Waals surface area (Å²) in [6.07, 6.45) is 0. The van der Waals surface area contributed by atoms with E-state index in [0.29, 0.717) is 0 Å². The third kappa shape index (κ3) is 11.7. The van der Waals surface area contributed by atoms with E-state index >= 15 is 0 Å². The van der Waals surface area contributed by atoms with E-state index in [9.17, 15) is 4.79 Å². The Balaban J connectivity index is 0. The number of hydrogen-bond acceptors (Lipinski definition) is 2. The third-order valence-electron chi connectivity index (χ3n) is 0.450. The molecule has 0 aromatic heterocycles. The van der Waals surface area contributed by atoms with E-state index in [4.69, 9.17) is 4.74 Å². The van der Waals surface area contributed by atoms with Gasteiger partial charge in [0.15, 0.2) is 0 Å². The van der Waals surface area contributed by atoms with Gasteiger partial charge in [0.05, 0.1) is 0 Å². The number of esters is 1. The van der Waals surface area contributed by atoms with Crippen molar-refractivity contribution in [3.8, 4) is 0 Å². The summed E-state index contributed by atoms with van der Waals surface area (Å²) in [7, 11) is 0. The Labute approximate surface area is 72.9 Å². The van der Waals surface area contributed by atoms with Crippen LogP contribution in [0.4, 0.5) is 0 Å². The third-order valence-corrected chi connectivity index (χ3v) is 0.450. The van der Waals surface area contributed by atoms with Crippen LogP contribution in [0.5, 0.6) is 0 Å². The second-order valence-corrected chi connectivity index (χ2v) is 2.71. The van der Waals surface area contributed by atoms with E-state index in [1.54, 1.807) is 0 Å². The second kappa shape index (κ2) is 4.14. The molecule has 0 aliphatic carbocycles. The van der Waals surface area contributed by atoms with Crippen molar-refractivity contribution in [3.63, 3.8) is 0 Å². The Morgan fingerprint density at radius 2 is 1.67 bits per heavy atom. The molecule has 52 valence electrons. The molecule has 0 saturated carbocycles. The zero-order chi connectivity index (χ0) is 6.78. The molecule has 0 aliphatic rings. The van der Waals surface area contributed by atoms with Crippen LogP contribution in [0.25, 0.3) is 0 Å². The average Bonchev–Trinajstić information content (AvgIpc) is 1.21. The van der Waals surface area contributed by atoms with Crippen LogP contribution in [0.1, 0.15) is 27.7 Å². The maximum Gasteiger partial charge on any atom is 0.303 e. The molecular formula is C6H12O2Sn. The normalized spacial score (nSPS) is 9.78. The van der Waals surface area contributed by atoms with Crippen LogP contribution in [0, 0.1) is 0 Å². The molecule has 4 radical (unpaired) electrons. The van der Waals surface area contributed by atoms with Gasteiger partial charge < -0.3 is 4.74 Å². The van der Waals surface area contributed by atoms with Crippen LogP contribution < -0.4 is 0 Å². The number of rotatable bonds is 0. The van der Waals surface area contributed by atoms with E-state index < -0.39 is 0 Å². The van der Waals surface area contributed by atoms with Crippen LogP contribution in [0.2, 0.25) is 0 Å². The molecule has 0 spiro atoms. The fraction of sp³-hybridized carbons (Fsp3) is 0.833. The molecule has 0 aromatic rings. The molecule has 3 heteroatoms. The fourth-order valence-electron chi connectivity index (χ4n) is 0.431. The summed E-state index contributed by atoms with van der Waals surface area (Å²) >= 11 is 0. The van der Waals surface area contributed by atoms with Crippen molar-refractivity contribution in [2.24, 2.45) is 0 Å². The summed E-state index contributed by atoms with van der Waals surface area (Å²) in [6.45, 7) is 6.93. The summed E-state index contributed by atoms with van der Waals surface area (Å²) in [5.41, 5.74) is -0.328. The van der Waals surface area contributed by atoms with E-state index in [1.807, 2.05) is 20.8 Å². The molecule has 9 heavy (non-hydrogen) atoms. The van der Waals surface area contributed by atoms with E-state index in [1.165, 1.54) is 6.92 Å². The zero-order valence-electron chi connectivity index (χ0n) is 6.32. The Hall–Kier alpha value is 0.269. The van der Waals surface area contributed by atoms with Crippen LogP contribution in [0.15, 0.2) is 0 Å². The van der Waals surface area contributed by atoms with Gasteiger partial charge in [-0.2, -0.15) is 0 Å². The van der Waals surface area contributed by atoms with Gasteiger partial charge in [-0.25, -0.2) is 0 Å². The smallest absolute Gasteiger partial charge is 0.303 e. The first-order valence-electron chi connectivity index (χ1n) is 2.61. The summed E-state index contributed by atoms with van der Waals surface area (Å²) < 4.78 is 4.80. The van der Waals surface area contributed by atoms with Gasteiger partial charge in [-0.05, 0) is 20.8 Å². The summed E-state index contributed by atoms with van der Waals surface area (Å²) in [4.78, 5) is 10.2. The predicted octanol–water partition coefficient (Wildman–Crippen LogP) is 0.967. The molecule has 0 bridgehead atoms. The van der Waals surface area contributed by atoms with Gasteiger partial charge in [-0.3, -0.25) is 4.79 Å². The van der Waals surface area contributed by atoms with E-state index in [0.717, 1.165) is 0 Å². The van der Waals surface area contributed by atoms with Crippen molar-refractivity contribution in [3.05, 3.63) is 0 Å². The summed E-state index contributed by atoms with van der Waals surface area (Å²) in [5.74, 6) is -0.225. The fourth-order valence-corrected chi connectivity index (χ4v) is 0.431. The first-order chi connectivity index (χ1) is 3.42. The van der Waals surface area contributed by atoms with Crippen molar-refractivity contribution in [1.29, 1.82) is 0 Å². The van der Waals surface area contributed by atoms with Crippen molar-refractivity contribution >= 4 is 29.9 Å². The van der Waals surface area contributed by atoms with Gasteiger partial charge in [-0.15, -0.1) is 0 Å². The summed E-state index contributed by atoms with van der Waals surface area (Å²) in [6, 6.07) is 0. The van der Waals surface area contributed by atoms with Gasteiger partial charge in [0, 0.05) is 30.8 Å². The average molecular weight is 235 g/mol. The van der Waals surface area contributed by atoms with Crippen LogP contribution >= 0.6 is 0 Å². The zero-order valence-corrected chi connectivity index (χ0v) is 9.17. The Kier molecular flexibility index (Phi) is 5.52. The summed E-state index contributed by atoms with van der Waals surface area (Å²) in [5, 5.41) is 0. The molecule has 0 atom stereocenters. The van der Waals surface area contributed by atoms with Crippen molar-refractivity contribution in [1.82, 2.24) is 0 Å². The minimum atomic E-state index is -0.328. The quantitative estimate of drug-likeness (QED) is 0.461. The molecular weight excluding hydrogens is 223 g/mol. The van der Waals surface area contributed by atoms with Crippen molar-refractivity contribution < 1.29 is 9.53 Å². The Morgan fingerprint density at radius 1 is 1.33 bits per heavy atom. The van der Waals surface area contributed by atoms with Gasteiger partial charge >= 0.3 is 5.97 Å². The second-order valence-electron chi connectivity index (χ2n) is 2.71. The molecule has 0 saturated heterocycles. The van der Waals surface area contributed by atoms with Gasteiger partial charge in [0.2, 0.25) is 0 Å². The van der Waals surface area contributed by atoms with Gasteiger partial charge in [0.1, 0.15) is 5.60 Å². The number of hydrogen-bond donors (Lipinski definition) is 0. The SMILES string of the molecule is CC(=O)OC(C)(C)C.[Sn]. The predicted molar refractivity (Wildman–Crippen MR) is 37.3 cm³/mol. The molecule has 0 rings (SSSR count). The molecule has 0 aliphatic heterocycles. The number of carbonyl (C=O) groups excluding carboxylic acids is 1. The first-order valence-corrected chi connectivity index (χ1v) is 2.61. The molecule has 2 nitrogen and oxygen atoms in total. The van der Waals surface area contributed by atoms with Gasteiger partial charge in [0.25, 0.3) is 0 Å². The largest absolute Gasteiger partial charge is 0.460 e. The van der Waals surface area contributed by atoms with Crippen LogP contribution in [-0.4, -0.2) is 35.5 Å². The number of carbonyl (C=O) groups is 1. The molecule has 0 aromatic carbocycles. The van der Waals surface area contributed by atoms with E-state index in [-0.39, 0.29) is 35.5 Å². The van der Waals surface area contributed by atoms with Crippen molar-refractivity contribution in [2.45, 2.75) is 33.3 Å². The van der Waals surface area contributed by atoms with Crippen LogP contribution in [-0.2, 0) is 9.53 Å². The first kappa shape index (κ1) is 12.0. The van der Waals surface area contributed by atoms with Crippen molar-refractivity contribution in [2.75, 3.05) is 0 Å². The standard InChI is InChI=1S/C6H12O2.Sn/c1-5(7)8-6(2,3)4;/h1-4H3;. The molecule has 0 amide bonds. The molecule has 0 N–H and O–H groups in total. The maximum absolute atomic E-state index is 10.2. The topological polar surface area (TPSA) is 26.3 Å². The van der Waals surface area contributed by atoms with E-state index in [2.05, 4.69) is 0 Å².